The van der Waals surface area contributed by atoms with Crippen molar-refractivity contribution < 1.29 is 0 Å². The van der Waals surface area contributed by atoms with Gasteiger partial charge >= 0.3 is 0 Å². The number of rotatable bonds is 2. The van der Waals surface area contributed by atoms with Crippen LogP contribution in [0.1, 0.15) is 5.56 Å². The Morgan fingerprint density at radius 3 is 2.77 bits per heavy atom. The molecule has 0 radical (unpaired) electrons. The molecule has 4 nitrogen and oxygen atoms in total. The maximum Gasteiger partial charge on any atom is 0.156 e. The summed E-state index contributed by atoms with van der Waals surface area (Å²) in [6, 6.07) is 16.4. The van der Waals surface area contributed by atoms with Gasteiger partial charge in [0.05, 0.1) is 21.5 Å². The van der Waals surface area contributed by atoms with Crippen molar-refractivity contribution in [1.82, 2.24) is 15.2 Å². The van der Waals surface area contributed by atoms with Gasteiger partial charge in [0, 0.05) is 5.56 Å². The number of H-pyrrole nitrogens is 1. The number of nitrogen functional groups attached to an aromatic ring is 1. The van der Waals surface area contributed by atoms with Gasteiger partial charge in [-0.05, 0) is 25.1 Å². The van der Waals surface area contributed by atoms with E-state index in [0.29, 0.717) is 5.82 Å². The van der Waals surface area contributed by atoms with Gasteiger partial charge in [0.25, 0.3) is 0 Å². The van der Waals surface area contributed by atoms with Gasteiger partial charge in [-0.2, -0.15) is 5.10 Å². The quantitative estimate of drug-likeness (QED) is 0.582. The van der Waals surface area contributed by atoms with Gasteiger partial charge in [-0.3, -0.25) is 5.10 Å². The number of anilines is 1. The monoisotopic (exact) mass is 306 g/mol. The van der Waals surface area contributed by atoms with Crippen LogP contribution in [0.3, 0.4) is 0 Å². The van der Waals surface area contributed by atoms with Crippen molar-refractivity contribution in [2.24, 2.45) is 0 Å². The highest BCUT2D eigenvalue weighted by atomic mass is 32.1. The maximum absolute atomic E-state index is 6.09. The third-order valence-electron chi connectivity index (χ3n) is 3.61. The molecule has 3 N–H and O–H groups in total. The molecule has 108 valence electrons. The zero-order valence-electron chi connectivity index (χ0n) is 12.0. The SMILES string of the molecule is Cc1cccc(-c2[nH]nc(N)c2-c2nc3ccccc3s2)c1. The van der Waals surface area contributed by atoms with Gasteiger partial charge in [0.2, 0.25) is 0 Å². The molecule has 0 spiro atoms. The maximum atomic E-state index is 6.09. The third-order valence-corrected chi connectivity index (χ3v) is 4.66. The van der Waals surface area contributed by atoms with E-state index in [2.05, 4.69) is 41.4 Å². The van der Waals surface area contributed by atoms with E-state index in [0.717, 1.165) is 32.0 Å². The van der Waals surface area contributed by atoms with E-state index in [1.165, 1.54) is 5.56 Å². The highest BCUT2D eigenvalue weighted by molar-refractivity contribution is 7.21. The molecular weight excluding hydrogens is 292 g/mol. The summed E-state index contributed by atoms with van der Waals surface area (Å²) in [7, 11) is 0. The average Bonchev–Trinajstić information content (AvgIpc) is 3.10. The summed E-state index contributed by atoms with van der Waals surface area (Å²) in [5, 5.41) is 8.13. The third kappa shape index (κ3) is 2.07. The van der Waals surface area contributed by atoms with Crippen LogP contribution < -0.4 is 5.73 Å². The predicted octanol–water partition coefficient (Wildman–Crippen LogP) is 4.24. The van der Waals surface area contributed by atoms with E-state index in [-0.39, 0.29) is 0 Å². The minimum Gasteiger partial charge on any atom is -0.382 e. The molecule has 0 saturated carbocycles. The topological polar surface area (TPSA) is 67.6 Å². The lowest BCUT2D eigenvalue weighted by Crippen LogP contribution is -1.88. The molecule has 0 aliphatic heterocycles. The number of hydrogen-bond acceptors (Lipinski definition) is 4. The molecule has 0 amide bonds. The summed E-state index contributed by atoms with van der Waals surface area (Å²) in [5.41, 5.74) is 11.1. The van der Waals surface area contributed by atoms with Crippen molar-refractivity contribution in [3.8, 4) is 21.8 Å². The minimum atomic E-state index is 0.482. The summed E-state index contributed by atoms with van der Waals surface area (Å²) >= 11 is 1.63. The highest BCUT2D eigenvalue weighted by Gasteiger charge is 2.18. The molecule has 0 unspecified atom stereocenters. The number of fused-ring (bicyclic) bond motifs is 1. The van der Waals surface area contributed by atoms with Crippen molar-refractivity contribution in [2.45, 2.75) is 6.92 Å². The number of thiazole rings is 1. The number of benzene rings is 2. The van der Waals surface area contributed by atoms with Crippen LogP contribution in [-0.2, 0) is 0 Å². The molecule has 0 atom stereocenters. The summed E-state index contributed by atoms with van der Waals surface area (Å²) in [6.45, 7) is 2.07. The van der Waals surface area contributed by atoms with Crippen LogP contribution in [0, 0.1) is 6.92 Å². The summed E-state index contributed by atoms with van der Waals surface area (Å²) in [4.78, 5) is 4.70. The second-order valence-corrected chi connectivity index (χ2v) is 6.25. The summed E-state index contributed by atoms with van der Waals surface area (Å²) in [6.07, 6.45) is 0. The van der Waals surface area contributed by atoms with Crippen LogP contribution in [-0.4, -0.2) is 15.2 Å². The number of nitrogens with zero attached hydrogens (tertiary/aromatic N) is 2. The number of aromatic amines is 1. The molecule has 0 saturated heterocycles. The first kappa shape index (κ1) is 13.0. The standard InChI is InChI=1S/C17H14N4S/c1-10-5-4-6-11(9-10)15-14(16(18)21-20-15)17-19-12-7-2-3-8-13(12)22-17/h2-9H,1H3,(H3,18,20,21). The average molecular weight is 306 g/mol. The second-order valence-electron chi connectivity index (χ2n) is 5.22. The predicted molar refractivity (Wildman–Crippen MR) is 91.8 cm³/mol. The van der Waals surface area contributed by atoms with E-state index < -0.39 is 0 Å². The number of nitrogens with one attached hydrogen (secondary N) is 1. The van der Waals surface area contributed by atoms with Crippen LogP contribution in [0.25, 0.3) is 32.0 Å². The Labute approximate surface area is 131 Å². The fraction of sp³-hybridized carbons (Fsp3) is 0.0588. The Hall–Kier alpha value is -2.66. The van der Waals surface area contributed by atoms with E-state index in [9.17, 15) is 0 Å². The summed E-state index contributed by atoms with van der Waals surface area (Å²) in [5.74, 6) is 0.482. The fourth-order valence-corrected chi connectivity index (χ4v) is 3.59. The first-order chi connectivity index (χ1) is 10.7. The van der Waals surface area contributed by atoms with Crippen molar-refractivity contribution >= 4 is 27.4 Å². The van der Waals surface area contributed by atoms with Crippen LogP contribution in [0.4, 0.5) is 5.82 Å². The second kappa shape index (κ2) is 4.96. The van der Waals surface area contributed by atoms with E-state index in [1.807, 2.05) is 24.3 Å². The van der Waals surface area contributed by atoms with Gasteiger partial charge < -0.3 is 5.73 Å². The van der Waals surface area contributed by atoms with Crippen LogP contribution >= 0.6 is 11.3 Å². The van der Waals surface area contributed by atoms with E-state index in [4.69, 9.17) is 10.7 Å². The van der Waals surface area contributed by atoms with Gasteiger partial charge in [-0.15, -0.1) is 11.3 Å². The number of aromatic nitrogens is 3. The Morgan fingerprint density at radius 1 is 1.09 bits per heavy atom. The Bertz CT molecular complexity index is 935. The van der Waals surface area contributed by atoms with Gasteiger partial charge in [0.1, 0.15) is 5.01 Å². The van der Waals surface area contributed by atoms with Crippen LogP contribution in [0.5, 0.6) is 0 Å². The Balaban J connectivity index is 1.93. The summed E-state index contributed by atoms with van der Waals surface area (Å²) < 4.78 is 1.15. The highest BCUT2D eigenvalue weighted by Crippen LogP contribution is 2.38. The molecule has 2 aromatic heterocycles. The zero-order chi connectivity index (χ0) is 15.1. The van der Waals surface area contributed by atoms with Crippen molar-refractivity contribution in [2.75, 3.05) is 5.73 Å². The van der Waals surface area contributed by atoms with Crippen LogP contribution in [0.2, 0.25) is 0 Å². The molecule has 5 heteroatoms. The largest absolute Gasteiger partial charge is 0.382 e. The molecule has 0 fully saturated rings. The number of hydrogen-bond donors (Lipinski definition) is 2. The zero-order valence-corrected chi connectivity index (χ0v) is 12.8. The molecule has 2 aromatic carbocycles. The van der Waals surface area contributed by atoms with Gasteiger partial charge in [-0.25, -0.2) is 4.98 Å². The number of aryl methyl sites for hydroxylation is 1. The minimum absolute atomic E-state index is 0.482. The lowest BCUT2D eigenvalue weighted by molar-refractivity contribution is 1.10. The molecule has 2 heterocycles. The first-order valence-corrected chi connectivity index (χ1v) is 7.81. The van der Waals surface area contributed by atoms with E-state index >= 15 is 0 Å². The Kier molecular flexibility index (Phi) is 2.94. The molecule has 0 bridgehead atoms. The normalized spacial score (nSPS) is 11.1. The molecule has 0 aliphatic carbocycles. The lowest BCUT2D eigenvalue weighted by Gasteiger charge is -2.02. The van der Waals surface area contributed by atoms with Crippen molar-refractivity contribution in [3.63, 3.8) is 0 Å². The van der Waals surface area contributed by atoms with Crippen molar-refractivity contribution in [3.05, 3.63) is 54.1 Å². The number of nitrogens with two attached hydrogens (primary N) is 1. The molecule has 0 aliphatic rings. The van der Waals surface area contributed by atoms with Crippen molar-refractivity contribution in [1.29, 1.82) is 0 Å². The number of para-hydroxylation sites is 1. The fourth-order valence-electron chi connectivity index (χ4n) is 2.56. The first-order valence-electron chi connectivity index (χ1n) is 6.99. The molecule has 4 aromatic rings. The van der Waals surface area contributed by atoms with E-state index in [1.54, 1.807) is 11.3 Å². The molecular formula is C17H14N4S. The Morgan fingerprint density at radius 2 is 1.95 bits per heavy atom. The molecule has 4 rings (SSSR count). The van der Waals surface area contributed by atoms with Crippen LogP contribution in [0.15, 0.2) is 48.5 Å². The molecule has 22 heavy (non-hydrogen) atoms. The smallest absolute Gasteiger partial charge is 0.156 e. The van der Waals surface area contributed by atoms with Gasteiger partial charge in [0.15, 0.2) is 5.82 Å². The van der Waals surface area contributed by atoms with Gasteiger partial charge in [-0.1, -0.05) is 35.9 Å². The lowest BCUT2D eigenvalue weighted by atomic mass is 10.1.